The van der Waals surface area contributed by atoms with Gasteiger partial charge >= 0.3 is 6.01 Å². The summed E-state index contributed by atoms with van der Waals surface area (Å²) in [6.07, 6.45) is 4.12. The SMILES string of the molecule is CCc1c(F)ccc2cc(OCOC)cc(-c3ncc4c(NCc5[nH]ncc5C(N)=O)nc(OC[C@@]56CCCN5C[C@H](F)C6)nc4c3F)c12. The highest BCUT2D eigenvalue weighted by Gasteiger charge is 2.49. The van der Waals surface area contributed by atoms with Gasteiger partial charge in [-0.2, -0.15) is 15.1 Å². The first-order valence-electron chi connectivity index (χ1n) is 16.0. The van der Waals surface area contributed by atoms with Crippen molar-refractivity contribution in [1.29, 1.82) is 0 Å². The molecule has 0 unspecified atom stereocenters. The molecule has 7 rings (SSSR count). The average Bonchev–Trinajstić information content (AvgIpc) is 3.80. The molecule has 49 heavy (non-hydrogen) atoms. The van der Waals surface area contributed by atoms with Crippen LogP contribution < -0.4 is 20.5 Å². The minimum Gasteiger partial charge on any atom is -0.468 e. The van der Waals surface area contributed by atoms with Crippen LogP contribution in [0.25, 0.3) is 32.9 Å². The number of alkyl halides is 1. The van der Waals surface area contributed by atoms with Crippen LogP contribution in [0.4, 0.5) is 19.0 Å². The second kappa shape index (κ2) is 13.1. The highest BCUT2D eigenvalue weighted by atomic mass is 19.1. The number of carbonyl (C=O) groups is 1. The molecule has 5 heterocycles. The molecule has 5 aromatic rings. The van der Waals surface area contributed by atoms with Gasteiger partial charge in [0.05, 0.1) is 34.9 Å². The van der Waals surface area contributed by atoms with Crippen LogP contribution in [0.2, 0.25) is 0 Å². The summed E-state index contributed by atoms with van der Waals surface area (Å²) in [5.74, 6) is -1.35. The van der Waals surface area contributed by atoms with Crippen LogP contribution in [0.1, 0.15) is 47.8 Å². The fourth-order valence-electron chi connectivity index (χ4n) is 7.13. The van der Waals surface area contributed by atoms with Crippen LogP contribution in [0.5, 0.6) is 11.8 Å². The number of aromatic nitrogens is 5. The van der Waals surface area contributed by atoms with Crippen molar-refractivity contribution in [2.24, 2.45) is 5.73 Å². The van der Waals surface area contributed by atoms with E-state index in [4.69, 9.17) is 19.9 Å². The lowest BCUT2D eigenvalue weighted by Crippen LogP contribution is -2.43. The van der Waals surface area contributed by atoms with Crippen molar-refractivity contribution >= 4 is 33.4 Å². The number of aromatic amines is 1. The van der Waals surface area contributed by atoms with Gasteiger partial charge in [0.1, 0.15) is 41.4 Å². The smallest absolute Gasteiger partial charge is 0.319 e. The van der Waals surface area contributed by atoms with Gasteiger partial charge < -0.3 is 25.3 Å². The lowest BCUT2D eigenvalue weighted by Gasteiger charge is -2.30. The Labute approximate surface area is 279 Å². The minimum absolute atomic E-state index is 0.0249. The maximum absolute atomic E-state index is 16.9. The number of pyridine rings is 1. The molecule has 0 radical (unpaired) electrons. The fourth-order valence-corrected chi connectivity index (χ4v) is 7.13. The molecule has 3 aromatic heterocycles. The number of hydrogen-bond donors (Lipinski definition) is 3. The molecule has 2 aromatic carbocycles. The number of fused-ring (bicyclic) bond motifs is 3. The molecular weight excluding hydrogens is 641 g/mol. The number of H-pyrrole nitrogens is 1. The summed E-state index contributed by atoms with van der Waals surface area (Å²) in [4.78, 5) is 27.5. The Hall–Kier alpha value is -5.02. The summed E-state index contributed by atoms with van der Waals surface area (Å²) >= 11 is 0. The number of carbonyl (C=O) groups excluding carboxylic acids is 1. The van der Waals surface area contributed by atoms with Gasteiger partial charge in [-0.1, -0.05) is 13.0 Å². The molecule has 0 spiro atoms. The van der Waals surface area contributed by atoms with E-state index in [1.807, 2.05) is 6.92 Å². The number of rotatable bonds is 12. The predicted octanol–water partition coefficient (Wildman–Crippen LogP) is 5.06. The zero-order valence-corrected chi connectivity index (χ0v) is 27.0. The number of nitrogens with one attached hydrogen (secondary N) is 2. The summed E-state index contributed by atoms with van der Waals surface area (Å²) in [5, 5.41) is 11.1. The third-order valence-corrected chi connectivity index (χ3v) is 9.40. The van der Waals surface area contributed by atoms with Gasteiger partial charge in [0.25, 0.3) is 5.91 Å². The Balaban J connectivity index is 1.35. The van der Waals surface area contributed by atoms with Crippen LogP contribution >= 0.6 is 0 Å². The number of anilines is 1. The van der Waals surface area contributed by atoms with Crippen molar-refractivity contribution in [3.8, 4) is 23.0 Å². The van der Waals surface area contributed by atoms with E-state index in [-0.39, 0.29) is 53.9 Å². The number of nitrogens with zero attached hydrogens (tertiary/aromatic N) is 5. The summed E-state index contributed by atoms with van der Waals surface area (Å²) in [6, 6.07) is 6.18. The van der Waals surface area contributed by atoms with Crippen LogP contribution in [0.3, 0.4) is 0 Å². The number of primary amides is 1. The van der Waals surface area contributed by atoms with Crippen molar-refractivity contribution in [2.45, 2.75) is 50.9 Å². The van der Waals surface area contributed by atoms with E-state index < -0.39 is 29.3 Å². The van der Waals surface area contributed by atoms with Gasteiger partial charge in [-0.05, 0) is 60.3 Å². The van der Waals surface area contributed by atoms with Crippen LogP contribution in [0, 0.1) is 11.6 Å². The fraction of sp³-hybridized carbons (Fsp3) is 0.382. The first kappa shape index (κ1) is 32.5. The standard InChI is InChI=1S/C34H35F3N8O4/c1-3-21-25(36)6-5-18-9-20(49-17-47-2)10-22(27(18)21)29-28(37)30-24(12-39-29)32(40-14-26-23(31(38)46)13-41-44-26)43-33(42-30)48-16-34-7-4-8-45(34)15-19(35)11-34/h5-6,9-10,12-13,19H,3-4,7-8,11,14-17H2,1-2H3,(H2,38,46)(H,41,44)(H,40,42,43)/t19-,34+/m1/s1. The first-order valence-corrected chi connectivity index (χ1v) is 16.0. The van der Waals surface area contributed by atoms with Crippen molar-refractivity contribution in [3.05, 3.63) is 65.1 Å². The maximum atomic E-state index is 16.9. The summed E-state index contributed by atoms with van der Waals surface area (Å²) in [5.41, 5.74) is 6.06. The van der Waals surface area contributed by atoms with E-state index in [2.05, 4.69) is 35.4 Å². The number of ether oxygens (including phenoxy) is 3. The molecule has 0 bridgehead atoms. The number of nitrogens with two attached hydrogens (primary N) is 1. The van der Waals surface area contributed by atoms with E-state index in [0.717, 1.165) is 19.4 Å². The molecule has 2 fully saturated rings. The number of benzene rings is 2. The lowest BCUT2D eigenvalue weighted by atomic mass is 9.94. The molecule has 0 aliphatic carbocycles. The number of amides is 1. The van der Waals surface area contributed by atoms with E-state index in [9.17, 15) is 9.18 Å². The second-order valence-electron chi connectivity index (χ2n) is 12.4. The maximum Gasteiger partial charge on any atom is 0.319 e. The molecule has 2 saturated heterocycles. The summed E-state index contributed by atoms with van der Waals surface area (Å²) < 4.78 is 63.4. The molecule has 2 aliphatic rings. The minimum atomic E-state index is -0.963. The molecule has 2 atom stereocenters. The highest BCUT2D eigenvalue weighted by Crippen LogP contribution is 2.41. The molecule has 12 nitrogen and oxygen atoms in total. The summed E-state index contributed by atoms with van der Waals surface area (Å²) in [6.45, 7) is 3.02. The number of methoxy groups -OCH3 is 1. The van der Waals surface area contributed by atoms with Crippen molar-refractivity contribution in [3.63, 3.8) is 0 Å². The number of aryl methyl sites for hydroxylation is 1. The van der Waals surface area contributed by atoms with Crippen molar-refractivity contribution in [2.75, 3.05) is 38.9 Å². The normalized spacial score (nSPS) is 19.1. The van der Waals surface area contributed by atoms with Gasteiger partial charge in [-0.3, -0.25) is 19.8 Å². The average molecular weight is 677 g/mol. The topological polar surface area (TPSA) is 153 Å². The largest absolute Gasteiger partial charge is 0.468 e. The van der Waals surface area contributed by atoms with Crippen LogP contribution in [0.15, 0.2) is 36.7 Å². The zero-order chi connectivity index (χ0) is 34.3. The Kier molecular flexibility index (Phi) is 8.71. The van der Waals surface area contributed by atoms with E-state index in [1.165, 1.54) is 25.6 Å². The third-order valence-electron chi connectivity index (χ3n) is 9.40. The molecule has 15 heteroatoms. The van der Waals surface area contributed by atoms with Gasteiger partial charge in [-0.15, -0.1) is 0 Å². The molecule has 0 saturated carbocycles. The van der Waals surface area contributed by atoms with Gasteiger partial charge in [0, 0.05) is 31.8 Å². The predicted molar refractivity (Wildman–Crippen MR) is 175 cm³/mol. The van der Waals surface area contributed by atoms with Gasteiger partial charge in [0.15, 0.2) is 12.6 Å². The van der Waals surface area contributed by atoms with E-state index >= 15 is 8.78 Å². The van der Waals surface area contributed by atoms with Gasteiger partial charge in [-0.25, -0.2) is 13.2 Å². The Morgan fingerprint density at radius 3 is 2.86 bits per heavy atom. The molecule has 256 valence electrons. The lowest BCUT2D eigenvalue weighted by molar-refractivity contribution is 0.0512. The Morgan fingerprint density at radius 1 is 1.20 bits per heavy atom. The molecule has 1 amide bonds. The van der Waals surface area contributed by atoms with E-state index in [0.29, 0.717) is 52.7 Å². The quantitative estimate of drug-likeness (QED) is 0.153. The van der Waals surface area contributed by atoms with Crippen LogP contribution in [-0.4, -0.2) is 81.3 Å². The van der Waals surface area contributed by atoms with Crippen LogP contribution in [-0.2, 0) is 17.7 Å². The first-order chi connectivity index (χ1) is 23.7. The number of halogens is 3. The Morgan fingerprint density at radius 2 is 2.06 bits per heavy atom. The summed E-state index contributed by atoms with van der Waals surface area (Å²) in [7, 11) is 1.48. The van der Waals surface area contributed by atoms with Gasteiger partial charge in [0.2, 0.25) is 0 Å². The Bertz CT molecular complexity index is 2060. The number of hydrogen-bond acceptors (Lipinski definition) is 10. The molecule has 4 N–H and O–H groups in total. The monoisotopic (exact) mass is 676 g/mol. The third kappa shape index (κ3) is 5.97. The zero-order valence-electron chi connectivity index (χ0n) is 27.0. The molecular formula is C34H35F3N8O4. The second-order valence-corrected chi connectivity index (χ2v) is 12.4. The molecule has 2 aliphatic heterocycles. The van der Waals surface area contributed by atoms with Crippen molar-refractivity contribution in [1.82, 2.24) is 30.0 Å². The van der Waals surface area contributed by atoms with E-state index in [1.54, 1.807) is 18.2 Å². The highest BCUT2D eigenvalue weighted by molar-refractivity contribution is 6.02. The van der Waals surface area contributed by atoms with Crippen molar-refractivity contribution < 1.29 is 32.2 Å².